The Kier molecular flexibility index (Phi) is 4.83. The summed E-state index contributed by atoms with van der Waals surface area (Å²) in [5.74, 6) is 1.07. The van der Waals surface area contributed by atoms with Crippen LogP contribution in [-0.4, -0.2) is 32.5 Å². The molecule has 1 saturated heterocycles. The minimum Gasteiger partial charge on any atom is -0.348 e. The average molecular weight is 328 g/mol. The van der Waals surface area contributed by atoms with Crippen LogP contribution in [0.3, 0.4) is 0 Å². The van der Waals surface area contributed by atoms with Gasteiger partial charge in [-0.1, -0.05) is 13.0 Å². The summed E-state index contributed by atoms with van der Waals surface area (Å²) in [6, 6.07) is 5.60. The van der Waals surface area contributed by atoms with Gasteiger partial charge in [0.25, 0.3) is 0 Å². The lowest BCUT2D eigenvalue weighted by Crippen LogP contribution is -2.40. The summed E-state index contributed by atoms with van der Waals surface area (Å²) in [4.78, 5) is 25.8. The van der Waals surface area contributed by atoms with Crippen molar-refractivity contribution in [3.63, 3.8) is 0 Å². The minimum atomic E-state index is -0.415. The number of pyridine rings is 1. The summed E-state index contributed by atoms with van der Waals surface area (Å²) < 4.78 is 0. The minimum absolute atomic E-state index is 0.0940. The van der Waals surface area contributed by atoms with Gasteiger partial charge in [-0.3, -0.25) is 10.1 Å². The molecule has 0 amide bonds. The van der Waals surface area contributed by atoms with Crippen LogP contribution in [0.5, 0.6) is 0 Å². The Morgan fingerprint density at radius 2 is 2.21 bits per heavy atom. The van der Waals surface area contributed by atoms with E-state index in [0.29, 0.717) is 11.6 Å². The zero-order valence-electron chi connectivity index (χ0n) is 13.6. The zero-order chi connectivity index (χ0) is 16.9. The molecule has 1 unspecified atom stereocenters. The van der Waals surface area contributed by atoms with Gasteiger partial charge in [0, 0.05) is 18.8 Å². The number of rotatable bonds is 5. The molecule has 8 nitrogen and oxygen atoms in total. The number of anilines is 3. The maximum absolute atomic E-state index is 11.7. The SMILES string of the molecule is CCC1CCCCN1c1ncnc(Nc2ccccn2)c1[N+](=O)[O-]. The van der Waals surface area contributed by atoms with Crippen molar-refractivity contribution in [2.24, 2.45) is 0 Å². The van der Waals surface area contributed by atoms with Crippen LogP contribution < -0.4 is 10.2 Å². The van der Waals surface area contributed by atoms with Crippen molar-refractivity contribution < 1.29 is 4.92 Å². The van der Waals surface area contributed by atoms with Gasteiger partial charge < -0.3 is 10.2 Å². The second-order valence-electron chi connectivity index (χ2n) is 5.74. The number of aromatic nitrogens is 3. The van der Waals surface area contributed by atoms with Gasteiger partial charge in [-0.25, -0.2) is 15.0 Å². The van der Waals surface area contributed by atoms with E-state index in [4.69, 9.17) is 0 Å². The number of nitro groups is 1. The Labute approximate surface area is 140 Å². The number of nitrogens with one attached hydrogen (secondary N) is 1. The van der Waals surface area contributed by atoms with Gasteiger partial charge in [-0.2, -0.15) is 0 Å². The molecule has 3 rings (SSSR count). The third-order valence-electron chi connectivity index (χ3n) is 4.27. The normalized spacial score (nSPS) is 17.5. The molecule has 0 saturated carbocycles. The smallest absolute Gasteiger partial charge is 0.348 e. The number of hydrogen-bond acceptors (Lipinski definition) is 7. The molecule has 1 atom stereocenters. The van der Waals surface area contributed by atoms with E-state index >= 15 is 0 Å². The van der Waals surface area contributed by atoms with Crippen molar-refractivity contribution in [2.75, 3.05) is 16.8 Å². The highest BCUT2D eigenvalue weighted by Crippen LogP contribution is 2.36. The second-order valence-corrected chi connectivity index (χ2v) is 5.74. The van der Waals surface area contributed by atoms with Crippen molar-refractivity contribution in [3.8, 4) is 0 Å². The molecule has 1 aliphatic rings. The third-order valence-corrected chi connectivity index (χ3v) is 4.27. The molecule has 0 radical (unpaired) electrons. The van der Waals surface area contributed by atoms with E-state index in [1.165, 1.54) is 6.33 Å². The summed E-state index contributed by atoms with van der Waals surface area (Å²) in [5, 5.41) is 14.6. The average Bonchev–Trinajstić information content (AvgIpc) is 2.62. The lowest BCUT2D eigenvalue weighted by atomic mass is 10.00. The molecule has 2 aromatic rings. The quantitative estimate of drug-likeness (QED) is 0.664. The highest BCUT2D eigenvalue weighted by molar-refractivity contribution is 5.73. The Morgan fingerprint density at radius 3 is 2.92 bits per heavy atom. The predicted molar refractivity (Wildman–Crippen MR) is 91.5 cm³/mol. The number of nitrogens with zero attached hydrogens (tertiary/aromatic N) is 5. The van der Waals surface area contributed by atoms with Crippen molar-refractivity contribution in [3.05, 3.63) is 40.8 Å². The van der Waals surface area contributed by atoms with Crippen molar-refractivity contribution in [2.45, 2.75) is 38.6 Å². The maximum Gasteiger partial charge on any atom is 0.353 e. The van der Waals surface area contributed by atoms with Crippen LogP contribution in [0.15, 0.2) is 30.7 Å². The van der Waals surface area contributed by atoms with Crippen LogP contribution in [0.25, 0.3) is 0 Å². The standard InChI is InChI=1S/C16H20N6O2/c1-2-12-7-4-6-10-21(12)16-14(22(23)24)15(18-11-19-16)20-13-8-3-5-9-17-13/h3,5,8-9,11-12H,2,4,6-7,10H2,1H3,(H,17,18,19,20). The van der Waals surface area contributed by atoms with Gasteiger partial charge in [0.2, 0.25) is 11.6 Å². The largest absolute Gasteiger partial charge is 0.353 e. The molecule has 0 aliphatic carbocycles. The van der Waals surface area contributed by atoms with E-state index < -0.39 is 4.92 Å². The molecular formula is C16H20N6O2. The molecule has 24 heavy (non-hydrogen) atoms. The van der Waals surface area contributed by atoms with E-state index in [-0.39, 0.29) is 17.5 Å². The summed E-state index contributed by atoms with van der Waals surface area (Å²) in [6.07, 6.45) is 7.11. The number of hydrogen-bond donors (Lipinski definition) is 1. The molecule has 0 aromatic carbocycles. The Bertz CT molecular complexity index is 709. The molecule has 2 aromatic heterocycles. The Morgan fingerprint density at radius 1 is 1.33 bits per heavy atom. The first-order valence-electron chi connectivity index (χ1n) is 8.14. The van der Waals surface area contributed by atoms with Crippen molar-refractivity contribution in [1.29, 1.82) is 0 Å². The molecule has 0 spiro atoms. The summed E-state index contributed by atoms with van der Waals surface area (Å²) in [7, 11) is 0. The molecule has 1 N–H and O–H groups in total. The van der Waals surface area contributed by atoms with Crippen LogP contribution in [0.4, 0.5) is 23.1 Å². The monoisotopic (exact) mass is 328 g/mol. The lowest BCUT2D eigenvalue weighted by Gasteiger charge is -2.35. The first kappa shape index (κ1) is 16.1. The maximum atomic E-state index is 11.7. The molecule has 8 heteroatoms. The summed E-state index contributed by atoms with van der Waals surface area (Å²) in [5.41, 5.74) is -0.0940. The van der Waals surface area contributed by atoms with E-state index in [0.717, 1.165) is 32.2 Å². The van der Waals surface area contributed by atoms with E-state index in [9.17, 15) is 10.1 Å². The van der Waals surface area contributed by atoms with Gasteiger partial charge >= 0.3 is 5.69 Å². The van der Waals surface area contributed by atoms with Crippen LogP contribution >= 0.6 is 0 Å². The van der Waals surface area contributed by atoms with E-state index in [1.54, 1.807) is 24.4 Å². The third kappa shape index (κ3) is 3.27. The summed E-state index contributed by atoms with van der Waals surface area (Å²) in [6.45, 7) is 2.88. The van der Waals surface area contributed by atoms with Crippen LogP contribution in [0.1, 0.15) is 32.6 Å². The highest BCUT2D eigenvalue weighted by atomic mass is 16.6. The van der Waals surface area contributed by atoms with Crippen LogP contribution in [-0.2, 0) is 0 Å². The number of piperidine rings is 1. The molecule has 0 bridgehead atoms. The fourth-order valence-electron chi connectivity index (χ4n) is 3.10. The van der Waals surface area contributed by atoms with E-state index in [2.05, 4.69) is 27.2 Å². The fraction of sp³-hybridized carbons (Fsp3) is 0.438. The molecule has 126 valence electrons. The Balaban J connectivity index is 2.00. The molecule has 3 heterocycles. The molecule has 1 aliphatic heterocycles. The Hall–Kier alpha value is -2.77. The zero-order valence-corrected chi connectivity index (χ0v) is 13.6. The van der Waals surface area contributed by atoms with Crippen molar-refractivity contribution >= 4 is 23.1 Å². The lowest BCUT2D eigenvalue weighted by molar-refractivity contribution is -0.383. The van der Waals surface area contributed by atoms with Gasteiger partial charge in [0.05, 0.1) is 4.92 Å². The van der Waals surface area contributed by atoms with Gasteiger partial charge in [-0.05, 0) is 37.8 Å². The first-order valence-corrected chi connectivity index (χ1v) is 8.14. The van der Waals surface area contributed by atoms with Gasteiger partial charge in [-0.15, -0.1) is 0 Å². The van der Waals surface area contributed by atoms with Gasteiger partial charge in [0.15, 0.2) is 0 Å². The summed E-state index contributed by atoms with van der Waals surface area (Å²) >= 11 is 0. The molecular weight excluding hydrogens is 308 g/mol. The van der Waals surface area contributed by atoms with E-state index in [1.807, 2.05) is 4.90 Å². The predicted octanol–water partition coefficient (Wildman–Crippen LogP) is 3.29. The first-order chi connectivity index (χ1) is 11.7. The van der Waals surface area contributed by atoms with Crippen LogP contribution in [0, 0.1) is 10.1 Å². The topological polar surface area (TPSA) is 97.1 Å². The molecule has 1 fully saturated rings. The fourth-order valence-corrected chi connectivity index (χ4v) is 3.10. The second kappa shape index (κ2) is 7.20. The van der Waals surface area contributed by atoms with Gasteiger partial charge in [0.1, 0.15) is 12.1 Å². The van der Waals surface area contributed by atoms with Crippen LogP contribution in [0.2, 0.25) is 0 Å². The van der Waals surface area contributed by atoms with Crippen molar-refractivity contribution in [1.82, 2.24) is 15.0 Å². The highest BCUT2D eigenvalue weighted by Gasteiger charge is 2.31.